The van der Waals surface area contributed by atoms with Crippen molar-refractivity contribution in [3.8, 4) is 0 Å². The SMILES string of the molecule is Nc1cc(C(=O)CCCl)ccc1[N+](=O)[O-]. The Kier molecular flexibility index (Phi) is 3.62. The van der Waals surface area contributed by atoms with Crippen molar-refractivity contribution in [3.05, 3.63) is 33.9 Å². The van der Waals surface area contributed by atoms with Crippen molar-refractivity contribution >= 4 is 28.8 Å². The summed E-state index contributed by atoms with van der Waals surface area (Å²) >= 11 is 5.41. The number of Topliss-reactive ketones (excluding diaryl/α,β-unsaturated/α-hetero) is 1. The van der Waals surface area contributed by atoms with Gasteiger partial charge in [-0.1, -0.05) is 0 Å². The quantitative estimate of drug-likeness (QED) is 0.281. The first-order valence-corrected chi connectivity index (χ1v) is 4.72. The number of nitrogen functional groups attached to an aromatic ring is 1. The number of carbonyl (C=O) groups is 1. The number of ketones is 1. The van der Waals surface area contributed by atoms with E-state index in [-0.39, 0.29) is 29.5 Å². The zero-order valence-electron chi connectivity index (χ0n) is 7.77. The van der Waals surface area contributed by atoms with Gasteiger partial charge < -0.3 is 5.73 Å². The first-order chi connectivity index (χ1) is 7.06. The van der Waals surface area contributed by atoms with Gasteiger partial charge in [0.25, 0.3) is 5.69 Å². The topological polar surface area (TPSA) is 86.2 Å². The molecule has 0 spiro atoms. The molecular weight excluding hydrogens is 220 g/mol. The third kappa shape index (κ3) is 2.66. The Morgan fingerprint density at radius 3 is 2.67 bits per heavy atom. The van der Waals surface area contributed by atoms with Crippen LogP contribution in [0.1, 0.15) is 16.8 Å². The number of nitrogens with two attached hydrogens (primary N) is 1. The third-order valence-corrected chi connectivity index (χ3v) is 2.06. The van der Waals surface area contributed by atoms with Gasteiger partial charge in [-0.15, -0.1) is 11.6 Å². The molecule has 0 aromatic heterocycles. The molecule has 0 saturated heterocycles. The molecule has 1 rings (SSSR count). The molecule has 5 nitrogen and oxygen atoms in total. The molecule has 1 aromatic rings. The van der Waals surface area contributed by atoms with E-state index in [0.29, 0.717) is 5.56 Å². The Labute approximate surface area is 91.0 Å². The lowest BCUT2D eigenvalue weighted by Crippen LogP contribution is -2.02. The van der Waals surface area contributed by atoms with Gasteiger partial charge in [0.1, 0.15) is 5.69 Å². The van der Waals surface area contributed by atoms with Crippen molar-refractivity contribution in [2.45, 2.75) is 6.42 Å². The minimum Gasteiger partial charge on any atom is -0.393 e. The monoisotopic (exact) mass is 228 g/mol. The number of rotatable bonds is 4. The lowest BCUT2D eigenvalue weighted by Gasteiger charge is -2.01. The molecule has 0 radical (unpaired) electrons. The van der Waals surface area contributed by atoms with Crippen molar-refractivity contribution in [2.24, 2.45) is 0 Å². The second-order valence-corrected chi connectivity index (χ2v) is 3.27. The van der Waals surface area contributed by atoms with Gasteiger partial charge in [-0.25, -0.2) is 0 Å². The summed E-state index contributed by atoms with van der Waals surface area (Å²) in [5, 5.41) is 10.4. The van der Waals surface area contributed by atoms with E-state index < -0.39 is 4.92 Å². The second kappa shape index (κ2) is 4.75. The Morgan fingerprint density at radius 1 is 1.53 bits per heavy atom. The summed E-state index contributed by atoms with van der Waals surface area (Å²) in [5.74, 6) is 0.0435. The van der Waals surface area contributed by atoms with Gasteiger partial charge in [0, 0.05) is 23.9 Å². The van der Waals surface area contributed by atoms with Gasteiger partial charge in [-0.2, -0.15) is 0 Å². The number of nitro groups is 1. The van der Waals surface area contributed by atoms with Gasteiger partial charge in [0.15, 0.2) is 5.78 Å². The summed E-state index contributed by atoms with van der Waals surface area (Å²) in [7, 11) is 0. The second-order valence-electron chi connectivity index (χ2n) is 2.89. The van der Waals surface area contributed by atoms with Gasteiger partial charge in [-0.05, 0) is 12.1 Å². The molecule has 0 aliphatic carbocycles. The zero-order valence-corrected chi connectivity index (χ0v) is 8.53. The van der Waals surface area contributed by atoms with Crippen LogP contribution in [0.5, 0.6) is 0 Å². The predicted molar refractivity (Wildman–Crippen MR) is 57.2 cm³/mol. The van der Waals surface area contributed by atoms with E-state index in [0.717, 1.165) is 0 Å². The van der Waals surface area contributed by atoms with E-state index >= 15 is 0 Å². The number of nitrogens with zero attached hydrogens (tertiary/aromatic N) is 1. The van der Waals surface area contributed by atoms with Crippen LogP contribution in [0.15, 0.2) is 18.2 Å². The van der Waals surface area contributed by atoms with Crippen LogP contribution in [0.2, 0.25) is 0 Å². The molecule has 0 unspecified atom stereocenters. The number of nitro benzene ring substituents is 1. The Balaban J connectivity index is 3.01. The Morgan fingerprint density at radius 2 is 2.20 bits per heavy atom. The maximum absolute atomic E-state index is 11.4. The van der Waals surface area contributed by atoms with Crippen LogP contribution in [0.4, 0.5) is 11.4 Å². The first-order valence-electron chi connectivity index (χ1n) is 4.19. The molecule has 0 fully saturated rings. The molecular formula is C9H9ClN2O3. The molecule has 0 aliphatic rings. The number of hydrogen-bond acceptors (Lipinski definition) is 4. The van der Waals surface area contributed by atoms with Gasteiger partial charge in [-0.3, -0.25) is 14.9 Å². The fraction of sp³-hybridized carbons (Fsp3) is 0.222. The summed E-state index contributed by atoms with van der Waals surface area (Å²) in [5.41, 5.74) is 5.57. The lowest BCUT2D eigenvalue weighted by molar-refractivity contribution is -0.383. The van der Waals surface area contributed by atoms with E-state index in [4.69, 9.17) is 17.3 Å². The average molecular weight is 229 g/mol. The van der Waals surface area contributed by atoms with Crippen LogP contribution in [0.25, 0.3) is 0 Å². The van der Waals surface area contributed by atoms with Gasteiger partial charge in [0.05, 0.1) is 4.92 Å². The van der Waals surface area contributed by atoms with Crippen molar-refractivity contribution < 1.29 is 9.72 Å². The Bertz CT molecular complexity index is 406. The molecule has 1 aromatic carbocycles. The number of carbonyl (C=O) groups excluding carboxylic acids is 1. The molecule has 0 saturated carbocycles. The standard InChI is InChI=1S/C9H9ClN2O3/c10-4-3-9(13)6-1-2-8(12(14)15)7(11)5-6/h1-2,5H,3-4,11H2. The number of halogens is 1. The number of anilines is 1. The van der Waals surface area contributed by atoms with Crippen molar-refractivity contribution in [2.75, 3.05) is 11.6 Å². The van der Waals surface area contributed by atoms with Crippen LogP contribution < -0.4 is 5.73 Å². The zero-order chi connectivity index (χ0) is 11.4. The highest BCUT2D eigenvalue weighted by Gasteiger charge is 2.13. The van der Waals surface area contributed by atoms with Crippen LogP contribution in [-0.2, 0) is 0 Å². The molecule has 0 heterocycles. The number of benzene rings is 1. The number of alkyl halides is 1. The fourth-order valence-electron chi connectivity index (χ4n) is 1.12. The highest BCUT2D eigenvalue weighted by molar-refractivity contribution is 6.19. The smallest absolute Gasteiger partial charge is 0.292 e. The molecule has 0 amide bonds. The summed E-state index contributed by atoms with van der Waals surface area (Å²) in [6.45, 7) is 0. The highest BCUT2D eigenvalue weighted by atomic mass is 35.5. The first kappa shape index (κ1) is 11.5. The molecule has 0 aliphatic heterocycles. The summed E-state index contributed by atoms with van der Waals surface area (Å²) in [6.07, 6.45) is 0.193. The van der Waals surface area contributed by atoms with Crippen LogP contribution in [-0.4, -0.2) is 16.6 Å². The number of hydrogen-bond donors (Lipinski definition) is 1. The molecule has 6 heteroatoms. The van der Waals surface area contributed by atoms with Crippen molar-refractivity contribution in [1.29, 1.82) is 0 Å². The van der Waals surface area contributed by atoms with Crippen molar-refractivity contribution in [3.63, 3.8) is 0 Å². The van der Waals surface area contributed by atoms with Crippen LogP contribution >= 0.6 is 11.6 Å². The molecule has 2 N–H and O–H groups in total. The lowest BCUT2D eigenvalue weighted by atomic mass is 10.1. The fourth-order valence-corrected chi connectivity index (χ4v) is 1.30. The largest absolute Gasteiger partial charge is 0.393 e. The van der Waals surface area contributed by atoms with Gasteiger partial charge in [0.2, 0.25) is 0 Å². The summed E-state index contributed by atoms with van der Waals surface area (Å²) in [6, 6.07) is 3.90. The van der Waals surface area contributed by atoms with E-state index in [1.165, 1.54) is 18.2 Å². The molecule has 0 bridgehead atoms. The normalized spacial score (nSPS) is 9.93. The maximum Gasteiger partial charge on any atom is 0.292 e. The van der Waals surface area contributed by atoms with E-state index in [1.807, 2.05) is 0 Å². The van der Waals surface area contributed by atoms with E-state index in [2.05, 4.69) is 0 Å². The molecule has 80 valence electrons. The maximum atomic E-state index is 11.4. The molecule has 0 atom stereocenters. The summed E-state index contributed by atoms with van der Waals surface area (Å²) < 4.78 is 0. The minimum atomic E-state index is -0.592. The van der Waals surface area contributed by atoms with Crippen molar-refractivity contribution in [1.82, 2.24) is 0 Å². The van der Waals surface area contributed by atoms with E-state index in [9.17, 15) is 14.9 Å². The summed E-state index contributed by atoms with van der Waals surface area (Å²) in [4.78, 5) is 21.2. The van der Waals surface area contributed by atoms with Crippen LogP contribution in [0.3, 0.4) is 0 Å². The Hall–Kier alpha value is -1.62. The van der Waals surface area contributed by atoms with Crippen LogP contribution in [0, 0.1) is 10.1 Å². The minimum absolute atomic E-state index is 0.0135. The average Bonchev–Trinajstić information content (AvgIpc) is 2.17. The van der Waals surface area contributed by atoms with Gasteiger partial charge >= 0.3 is 0 Å². The highest BCUT2D eigenvalue weighted by Crippen LogP contribution is 2.22. The van der Waals surface area contributed by atoms with E-state index in [1.54, 1.807) is 0 Å². The predicted octanol–water partition coefficient (Wildman–Crippen LogP) is 1.99. The molecule has 15 heavy (non-hydrogen) atoms. The third-order valence-electron chi connectivity index (χ3n) is 1.87.